The van der Waals surface area contributed by atoms with E-state index in [1.807, 2.05) is 0 Å². The Morgan fingerprint density at radius 3 is 2.48 bits per heavy atom. The van der Waals surface area contributed by atoms with Crippen molar-refractivity contribution in [2.75, 3.05) is 13.7 Å². The number of nitrogens with two attached hydrogens (primary N) is 1. The van der Waals surface area contributed by atoms with Crippen LogP contribution in [0.1, 0.15) is 28.8 Å². The molecule has 0 aromatic carbocycles. The molecule has 0 saturated heterocycles. The molecule has 0 amide bonds. The molecule has 1 rings (SSSR count). The Morgan fingerprint density at radius 2 is 2.00 bits per heavy atom. The van der Waals surface area contributed by atoms with Crippen LogP contribution in [0.25, 0.3) is 0 Å². The van der Waals surface area contributed by atoms with E-state index >= 15 is 0 Å². The molecule has 9 heteroatoms. The fraction of sp³-hybridized carbons (Fsp3) is 0.583. The van der Waals surface area contributed by atoms with Gasteiger partial charge in [0.2, 0.25) is 10.0 Å². The minimum Gasteiger partial charge on any atom is -0.465 e. The highest BCUT2D eigenvalue weighted by Crippen LogP contribution is 2.27. The van der Waals surface area contributed by atoms with Crippen molar-refractivity contribution < 1.29 is 27.5 Å². The molecule has 0 aliphatic heterocycles. The lowest BCUT2D eigenvalue weighted by molar-refractivity contribution is 0.0594. The summed E-state index contributed by atoms with van der Waals surface area (Å²) >= 11 is 0. The maximum Gasteiger partial charge on any atom is 0.342 e. The molecule has 2 atom stereocenters. The Hall–Kier alpha value is -1.42. The standard InChI is InChI=1S/C12H20N2O6S/c1-6(15)9(13)5-14-21(17,18)11-8(3)20-7(2)10(11)12(16)19-4/h6,9,14-15H,5,13H2,1-4H3. The average Bonchev–Trinajstić information content (AvgIpc) is 2.70. The van der Waals surface area contributed by atoms with Crippen molar-refractivity contribution >= 4 is 16.0 Å². The van der Waals surface area contributed by atoms with Gasteiger partial charge >= 0.3 is 5.97 Å². The SMILES string of the molecule is COC(=O)c1c(C)oc(C)c1S(=O)(=O)NCC(N)C(C)O. The summed E-state index contributed by atoms with van der Waals surface area (Å²) in [6.45, 7) is 4.18. The molecule has 120 valence electrons. The van der Waals surface area contributed by atoms with Crippen molar-refractivity contribution in [2.24, 2.45) is 5.73 Å². The highest BCUT2D eigenvalue weighted by atomic mass is 32.2. The van der Waals surface area contributed by atoms with E-state index in [9.17, 15) is 18.3 Å². The molecule has 0 saturated carbocycles. The maximum absolute atomic E-state index is 12.3. The molecule has 4 N–H and O–H groups in total. The molecule has 0 aliphatic rings. The molecule has 0 radical (unpaired) electrons. The molecule has 2 unspecified atom stereocenters. The summed E-state index contributed by atoms with van der Waals surface area (Å²) in [7, 11) is -2.87. The third-order valence-corrected chi connectivity index (χ3v) is 4.57. The second-order valence-electron chi connectivity index (χ2n) is 4.67. The lowest BCUT2D eigenvalue weighted by atomic mass is 10.2. The van der Waals surface area contributed by atoms with E-state index in [1.165, 1.54) is 20.8 Å². The molecule has 0 fully saturated rings. The predicted molar refractivity (Wildman–Crippen MR) is 74.4 cm³/mol. The van der Waals surface area contributed by atoms with Gasteiger partial charge in [0, 0.05) is 12.6 Å². The largest absolute Gasteiger partial charge is 0.465 e. The topological polar surface area (TPSA) is 132 Å². The summed E-state index contributed by atoms with van der Waals surface area (Å²) in [6, 6.07) is -0.769. The van der Waals surface area contributed by atoms with Gasteiger partial charge in [0.05, 0.1) is 13.2 Å². The van der Waals surface area contributed by atoms with Crippen molar-refractivity contribution in [1.82, 2.24) is 4.72 Å². The van der Waals surface area contributed by atoms with E-state index in [2.05, 4.69) is 9.46 Å². The number of methoxy groups -OCH3 is 1. The van der Waals surface area contributed by atoms with Crippen LogP contribution in [0.5, 0.6) is 0 Å². The van der Waals surface area contributed by atoms with Gasteiger partial charge in [-0.3, -0.25) is 0 Å². The fourth-order valence-corrected chi connectivity index (χ4v) is 3.25. The number of esters is 1. The number of sulfonamides is 1. The molecule has 0 aliphatic carbocycles. The average molecular weight is 320 g/mol. The number of carbonyl (C=O) groups is 1. The summed E-state index contributed by atoms with van der Waals surface area (Å²) in [5, 5.41) is 9.28. The zero-order valence-corrected chi connectivity index (χ0v) is 13.2. The van der Waals surface area contributed by atoms with Crippen LogP contribution in [0.4, 0.5) is 0 Å². The molecule has 0 spiro atoms. The Labute approximate surface area is 123 Å². The third kappa shape index (κ3) is 3.82. The van der Waals surface area contributed by atoms with Gasteiger partial charge < -0.3 is 20.0 Å². The summed E-state index contributed by atoms with van der Waals surface area (Å²) in [5.74, 6) is -0.574. The van der Waals surface area contributed by atoms with Gasteiger partial charge in [0.1, 0.15) is 22.0 Å². The summed E-state index contributed by atoms with van der Waals surface area (Å²) in [6.07, 6.45) is -0.875. The van der Waals surface area contributed by atoms with Crippen LogP contribution in [-0.2, 0) is 14.8 Å². The van der Waals surface area contributed by atoms with Crippen LogP contribution in [0.3, 0.4) is 0 Å². The van der Waals surface area contributed by atoms with E-state index in [0.29, 0.717) is 0 Å². The molecular weight excluding hydrogens is 300 g/mol. The number of aliphatic hydroxyl groups is 1. The van der Waals surface area contributed by atoms with Crippen LogP contribution in [0.15, 0.2) is 9.31 Å². The van der Waals surface area contributed by atoms with E-state index < -0.39 is 28.1 Å². The number of ether oxygens (including phenoxy) is 1. The number of nitrogens with one attached hydrogen (secondary N) is 1. The van der Waals surface area contributed by atoms with Crippen molar-refractivity contribution in [1.29, 1.82) is 0 Å². The van der Waals surface area contributed by atoms with Gasteiger partial charge in [0.25, 0.3) is 0 Å². The number of hydrogen-bond acceptors (Lipinski definition) is 7. The van der Waals surface area contributed by atoms with Gasteiger partial charge in [-0.2, -0.15) is 0 Å². The Bertz CT molecular complexity index is 620. The Morgan fingerprint density at radius 1 is 1.43 bits per heavy atom. The predicted octanol–water partition coefficient (Wildman–Crippen LogP) is -0.331. The third-order valence-electron chi connectivity index (χ3n) is 2.99. The van der Waals surface area contributed by atoms with E-state index in [-0.39, 0.29) is 28.5 Å². The lowest BCUT2D eigenvalue weighted by Gasteiger charge is -2.15. The first-order valence-electron chi connectivity index (χ1n) is 6.23. The molecule has 1 aromatic rings. The molecule has 0 bridgehead atoms. The fourth-order valence-electron chi connectivity index (χ4n) is 1.77. The highest BCUT2D eigenvalue weighted by Gasteiger charge is 2.31. The van der Waals surface area contributed by atoms with Crippen LogP contribution in [0, 0.1) is 13.8 Å². The summed E-state index contributed by atoms with van der Waals surface area (Å²) in [4.78, 5) is 11.4. The number of aryl methyl sites for hydroxylation is 2. The van der Waals surface area contributed by atoms with Gasteiger partial charge in [-0.1, -0.05) is 0 Å². The van der Waals surface area contributed by atoms with Gasteiger partial charge in [0.15, 0.2) is 0 Å². The first-order chi connectivity index (χ1) is 9.61. The zero-order valence-electron chi connectivity index (χ0n) is 12.3. The van der Waals surface area contributed by atoms with Crippen molar-refractivity contribution in [3.63, 3.8) is 0 Å². The number of furan rings is 1. The summed E-state index contributed by atoms with van der Waals surface area (Å²) < 4.78 is 36.7. The smallest absolute Gasteiger partial charge is 0.342 e. The van der Waals surface area contributed by atoms with E-state index in [1.54, 1.807) is 0 Å². The molecule has 1 aromatic heterocycles. The Kier molecular flexibility index (Phi) is 5.51. The minimum atomic E-state index is -4.02. The maximum atomic E-state index is 12.3. The summed E-state index contributed by atoms with van der Waals surface area (Å²) in [5.41, 5.74) is 5.43. The van der Waals surface area contributed by atoms with Crippen molar-refractivity contribution in [2.45, 2.75) is 37.8 Å². The zero-order chi connectivity index (χ0) is 16.4. The second kappa shape index (κ2) is 6.56. The van der Waals surface area contributed by atoms with Crippen LogP contribution < -0.4 is 10.5 Å². The van der Waals surface area contributed by atoms with Gasteiger partial charge in [-0.15, -0.1) is 0 Å². The van der Waals surface area contributed by atoms with Crippen molar-refractivity contribution in [3.8, 4) is 0 Å². The van der Waals surface area contributed by atoms with Gasteiger partial charge in [-0.25, -0.2) is 17.9 Å². The quantitative estimate of drug-likeness (QED) is 0.611. The van der Waals surface area contributed by atoms with Crippen LogP contribution in [0.2, 0.25) is 0 Å². The van der Waals surface area contributed by atoms with Crippen molar-refractivity contribution in [3.05, 3.63) is 17.1 Å². The minimum absolute atomic E-state index is 0.0750. The number of carbonyl (C=O) groups excluding carboxylic acids is 1. The number of rotatable bonds is 6. The second-order valence-corrected chi connectivity index (χ2v) is 6.37. The monoisotopic (exact) mass is 320 g/mol. The van der Waals surface area contributed by atoms with Gasteiger partial charge in [-0.05, 0) is 20.8 Å². The highest BCUT2D eigenvalue weighted by molar-refractivity contribution is 7.89. The lowest BCUT2D eigenvalue weighted by Crippen LogP contribution is -2.43. The molecule has 1 heterocycles. The first-order valence-corrected chi connectivity index (χ1v) is 7.71. The Balaban J connectivity index is 3.17. The van der Waals surface area contributed by atoms with Crippen LogP contribution in [-0.4, -0.2) is 45.3 Å². The normalized spacial score (nSPS) is 14.8. The number of aliphatic hydroxyl groups excluding tert-OH is 1. The molecular formula is C12H20N2O6S. The van der Waals surface area contributed by atoms with E-state index in [4.69, 9.17) is 10.2 Å². The first kappa shape index (κ1) is 17.6. The molecule has 21 heavy (non-hydrogen) atoms. The van der Waals surface area contributed by atoms with Crippen LogP contribution >= 0.6 is 0 Å². The van der Waals surface area contributed by atoms with E-state index in [0.717, 1.165) is 7.11 Å². The molecule has 8 nitrogen and oxygen atoms in total. The number of hydrogen-bond donors (Lipinski definition) is 3.